The van der Waals surface area contributed by atoms with Crippen LogP contribution in [-0.2, 0) is 5.75 Å². The van der Waals surface area contributed by atoms with Crippen LogP contribution in [-0.4, -0.2) is 14.8 Å². The van der Waals surface area contributed by atoms with Crippen molar-refractivity contribution in [3.05, 3.63) is 91.9 Å². The first-order valence-corrected chi connectivity index (χ1v) is 11.5. The molecule has 4 rings (SSSR count). The minimum atomic E-state index is 0.471. The van der Waals surface area contributed by atoms with Gasteiger partial charge in [0.2, 0.25) is 0 Å². The van der Waals surface area contributed by atoms with Crippen molar-refractivity contribution in [2.45, 2.75) is 17.8 Å². The molecule has 4 aromatic rings. The van der Waals surface area contributed by atoms with Crippen LogP contribution in [0.4, 0.5) is 0 Å². The maximum Gasteiger partial charge on any atom is 0.196 e. The summed E-state index contributed by atoms with van der Waals surface area (Å²) in [6.45, 7) is 2.04. The van der Waals surface area contributed by atoms with Crippen molar-refractivity contribution in [2.75, 3.05) is 0 Å². The summed E-state index contributed by atoms with van der Waals surface area (Å²) in [4.78, 5) is 0. The van der Waals surface area contributed by atoms with E-state index in [2.05, 4.69) is 16.3 Å². The summed E-state index contributed by atoms with van der Waals surface area (Å²) in [6.07, 6.45) is 0. The molecule has 0 unspecified atom stereocenters. The molecule has 0 atom stereocenters. The molecule has 3 aromatic carbocycles. The molecule has 0 saturated carbocycles. The Labute approximate surface area is 198 Å². The summed E-state index contributed by atoms with van der Waals surface area (Å²) in [6, 6.07) is 19.2. The topological polar surface area (TPSA) is 30.7 Å². The molecule has 0 saturated heterocycles. The van der Waals surface area contributed by atoms with Gasteiger partial charge in [0.1, 0.15) is 0 Å². The second kappa shape index (κ2) is 9.21. The average Bonchev–Trinajstić information content (AvgIpc) is 3.15. The van der Waals surface area contributed by atoms with Crippen LogP contribution in [0.25, 0.3) is 17.1 Å². The molecular formula is C22H15Cl4N3S. The molecule has 8 heteroatoms. The molecular weight excluding hydrogens is 480 g/mol. The molecule has 1 aromatic heterocycles. The Kier molecular flexibility index (Phi) is 6.61. The van der Waals surface area contributed by atoms with E-state index in [-0.39, 0.29) is 0 Å². The molecule has 0 bridgehead atoms. The van der Waals surface area contributed by atoms with E-state index in [0.717, 1.165) is 33.4 Å². The quantitative estimate of drug-likeness (QED) is 0.262. The van der Waals surface area contributed by atoms with Crippen molar-refractivity contribution in [3.8, 4) is 17.1 Å². The molecule has 0 spiro atoms. The Bertz CT molecular complexity index is 1220. The maximum atomic E-state index is 6.29. The van der Waals surface area contributed by atoms with Gasteiger partial charge in [0.05, 0.1) is 25.8 Å². The third kappa shape index (κ3) is 4.63. The number of thioether (sulfide) groups is 1. The number of rotatable bonds is 5. The van der Waals surface area contributed by atoms with Gasteiger partial charge >= 0.3 is 0 Å². The minimum Gasteiger partial charge on any atom is -0.270 e. The average molecular weight is 495 g/mol. The highest BCUT2D eigenvalue weighted by Gasteiger charge is 2.17. The van der Waals surface area contributed by atoms with Gasteiger partial charge in [0.25, 0.3) is 0 Å². The van der Waals surface area contributed by atoms with Crippen molar-refractivity contribution in [3.63, 3.8) is 0 Å². The molecule has 0 N–H and O–H groups in total. The fourth-order valence-electron chi connectivity index (χ4n) is 2.97. The third-order valence-corrected chi connectivity index (χ3v) is 6.90. The summed E-state index contributed by atoms with van der Waals surface area (Å²) < 4.78 is 1.99. The lowest BCUT2D eigenvalue weighted by molar-refractivity contribution is 0.886. The minimum absolute atomic E-state index is 0.471. The number of halogens is 4. The van der Waals surface area contributed by atoms with Crippen LogP contribution in [0.5, 0.6) is 0 Å². The van der Waals surface area contributed by atoms with Crippen LogP contribution < -0.4 is 0 Å². The van der Waals surface area contributed by atoms with Gasteiger partial charge in [0, 0.05) is 11.3 Å². The van der Waals surface area contributed by atoms with E-state index in [0.29, 0.717) is 25.8 Å². The molecule has 0 aliphatic carbocycles. The molecule has 0 radical (unpaired) electrons. The highest BCUT2D eigenvalue weighted by Crippen LogP contribution is 2.33. The van der Waals surface area contributed by atoms with Crippen molar-refractivity contribution < 1.29 is 0 Å². The van der Waals surface area contributed by atoms with Crippen LogP contribution in [0.1, 0.15) is 11.1 Å². The molecule has 0 fully saturated rings. The molecule has 0 aliphatic rings. The molecule has 30 heavy (non-hydrogen) atoms. The Morgan fingerprint density at radius 2 is 1.53 bits per heavy atom. The number of hydrogen-bond donors (Lipinski definition) is 0. The van der Waals surface area contributed by atoms with Gasteiger partial charge in [-0.05, 0) is 48.9 Å². The van der Waals surface area contributed by atoms with E-state index in [9.17, 15) is 0 Å². The smallest absolute Gasteiger partial charge is 0.196 e. The van der Waals surface area contributed by atoms with E-state index < -0.39 is 0 Å². The highest BCUT2D eigenvalue weighted by atomic mass is 35.5. The van der Waals surface area contributed by atoms with E-state index in [1.165, 1.54) is 0 Å². The van der Waals surface area contributed by atoms with Crippen LogP contribution in [0, 0.1) is 6.92 Å². The van der Waals surface area contributed by atoms with E-state index in [1.54, 1.807) is 23.9 Å². The summed E-state index contributed by atoms with van der Waals surface area (Å²) >= 11 is 26.1. The second-order valence-electron chi connectivity index (χ2n) is 6.65. The molecule has 152 valence electrons. The Balaban J connectivity index is 1.76. The Morgan fingerprint density at radius 1 is 0.800 bits per heavy atom. The maximum absolute atomic E-state index is 6.29. The summed E-state index contributed by atoms with van der Waals surface area (Å²) in [5, 5.41) is 11.7. The number of hydrogen-bond acceptors (Lipinski definition) is 3. The monoisotopic (exact) mass is 493 g/mol. The number of nitrogens with zero attached hydrogens (tertiary/aromatic N) is 3. The van der Waals surface area contributed by atoms with E-state index in [1.807, 2.05) is 54.0 Å². The van der Waals surface area contributed by atoms with Crippen molar-refractivity contribution in [2.24, 2.45) is 0 Å². The lowest BCUT2D eigenvalue weighted by Crippen LogP contribution is -2.00. The first-order valence-electron chi connectivity index (χ1n) is 8.97. The zero-order chi connectivity index (χ0) is 21.3. The van der Waals surface area contributed by atoms with Crippen molar-refractivity contribution >= 4 is 58.2 Å². The lowest BCUT2D eigenvalue weighted by atomic mass is 10.1. The van der Waals surface area contributed by atoms with Crippen LogP contribution in [0.2, 0.25) is 20.1 Å². The van der Waals surface area contributed by atoms with Crippen molar-refractivity contribution in [1.82, 2.24) is 14.8 Å². The normalized spacial score (nSPS) is 11.1. The Morgan fingerprint density at radius 3 is 2.23 bits per heavy atom. The number of benzene rings is 3. The first kappa shape index (κ1) is 21.5. The molecule has 1 heterocycles. The van der Waals surface area contributed by atoms with Gasteiger partial charge in [-0.15, -0.1) is 10.2 Å². The fourth-order valence-corrected chi connectivity index (χ4v) is 4.48. The van der Waals surface area contributed by atoms with E-state index in [4.69, 9.17) is 46.4 Å². The Hall–Kier alpha value is -1.69. The second-order valence-corrected chi connectivity index (χ2v) is 9.22. The number of aryl methyl sites for hydroxylation is 1. The van der Waals surface area contributed by atoms with Gasteiger partial charge < -0.3 is 0 Å². The summed E-state index contributed by atoms with van der Waals surface area (Å²) in [7, 11) is 0. The van der Waals surface area contributed by atoms with E-state index >= 15 is 0 Å². The summed E-state index contributed by atoms with van der Waals surface area (Å²) in [5.41, 5.74) is 3.98. The largest absolute Gasteiger partial charge is 0.270 e. The predicted molar refractivity (Wildman–Crippen MR) is 128 cm³/mol. The zero-order valence-corrected chi connectivity index (χ0v) is 19.6. The van der Waals surface area contributed by atoms with Crippen LogP contribution in [0.15, 0.2) is 65.8 Å². The van der Waals surface area contributed by atoms with Crippen molar-refractivity contribution in [1.29, 1.82) is 0 Å². The summed E-state index contributed by atoms with van der Waals surface area (Å²) in [5.74, 6) is 1.39. The van der Waals surface area contributed by atoms with Gasteiger partial charge in [-0.2, -0.15) is 0 Å². The number of aromatic nitrogens is 3. The zero-order valence-electron chi connectivity index (χ0n) is 15.7. The molecule has 0 amide bonds. The lowest BCUT2D eigenvalue weighted by Gasteiger charge is -2.12. The van der Waals surface area contributed by atoms with Gasteiger partial charge in [0.15, 0.2) is 11.0 Å². The van der Waals surface area contributed by atoms with Gasteiger partial charge in [-0.25, -0.2) is 0 Å². The highest BCUT2D eigenvalue weighted by molar-refractivity contribution is 7.98. The predicted octanol–water partition coefficient (Wildman–Crippen LogP) is 8.15. The van der Waals surface area contributed by atoms with Crippen LogP contribution in [0.3, 0.4) is 0 Å². The van der Waals surface area contributed by atoms with Gasteiger partial charge in [-0.1, -0.05) is 88.0 Å². The first-order chi connectivity index (χ1) is 14.4. The fraction of sp³-hybridized carbons (Fsp3) is 0.0909. The van der Waals surface area contributed by atoms with Gasteiger partial charge in [-0.3, -0.25) is 4.57 Å². The molecule has 0 aliphatic heterocycles. The standard InChI is InChI=1S/C22H15Cl4N3S/c1-13-3-2-4-15(9-13)21-27-28-22(29(21)16-6-8-18(24)20(26)11-16)30-12-14-5-7-17(23)19(25)10-14/h2-11H,12H2,1H3. The van der Waals surface area contributed by atoms with Crippen LogP contribution >= 0.6 is 58.2 Å². The third-order valence-electron chi connectivity index (χ3n) is 4.42. The molecule has 3 nitrogen and oxygen atoms in total. The SMILES string of the molecule is Cc1cccc(-c2nnc(SCc3ccc(Cl)c(Cl)c3)n2-c2ccc(Cl)c(Cl)c2)c1.